The van der Waals surface area contributed by atoms with E-state index < -0.39 is 12.2 Å². The Morgan fingerprint density at radius 3 is 3.07 bits per heavy atom. The molecule has 1 aliphatic heterocycles. The first-order valence-corrected chi connectivity index (χ1v) is 4.88. The number of carbonyl (C=O) groups excluding carboxylic acids is 1. The van der Waals surface area contributed by atoms with Gasteiger partial charge in [-0.15, -0.1) is 0 Å². The maximum absolute atomic E-state index is 11.4. The van der Waals surface area contributed by atoms with Crippen LogP contribution < -0.4 is 5.32 Å². The van der Waals surface area contributed by atoms with E-state index >= 15 is 0 Å². The predicted molar refractivity (Wildman–Crippen MR) is 51.5 cm³/mol. The van der Waals surface area contributed by atoms with Crippen LogP contribution in [0.3, 0.4) is 0 Å². The van der Waals surface area contributed by atoms with Crippen LogP contribution in [-0.4, -0.2) is 63.3 Å². The average Bonchev–Trinajstić information content (AvgIpc) is 2.27. The standard InChI is InChI=1S/C9H17NO5/c1-13-5-7(11)4-10-9(12)8-6-14-2-3-15-8/h7-8,11H,2-6H2,1H3,(H,10,12). The molecule has 2 atom stereocenters. The number of hydrogen-bond donors (Lipinski definition) is 2. The van der Waals surface area contributed by atoms with E-state index in [-0.39, 0.29) is 25.7 Å². The van der Waals surface area contributed by atoms with E-state index in [1.54, 1.807) is 0 Å². The highest BCUT2D eigenvalue weighted by molar-refractivity contribution is 5.81. The third kappa shape index (κ3) is 4.57. The number of ether oxygens (including phenoxy) is 3. The number of amides is 1. The van der Waals surface area contributed by atoms with Gasteiger partial charge in [0.1, 0.15) is 0 Å². The van der Waals surface area contributed by atoms with Gasteiger partial charge in [0.2, 0.25) is 0 Å². The number of rotatable bonds is 5. The number of aliphatic hydroxyl groups excluding tert-OH is 1. The summed E-state index contributed by atoms with van der Waals surface area (Å²) in [5.41, 5.74) is 0. The molecule has 1 aliphatic rings. The Kier molecular flexibility index (Phi) is 5.56. The van der Waals surface area contributed by atoms with Crippen LogP contribution in [0, 0.1) is 0 Å². The molecule has 2 unspecified atom stereocenters. The first-order chi connectivity index (χ1) is 7.24. The summed E-state index contributed by atoms with van der Waals surface area (Å²) in [4.78, 5) is 11.4. The van der Waals surface area contributed by atoms with Crippen LogP contribution in [-0.2, 0) is 19.0 Å². The molecule has 0 saturated carbocycles. The quantitative estimate of drug-likeness (QED) is 0.590. The van der Waals surface area contributed by atoms with Gasteiger partial charge in [-0.25, -0.2) is 0 Å². The number of carbonyl (C=O) groups is 1. The Labute approximate surface area is 88.5 Å². The lowest BCUT2D eigenvalue weighted by atomic mass is 10.3. The lowest BCUT2D eigenvalue weighted by Gasteiger charge is -2.22. The molecule has 1 heterocycles. The van der Waals surface area contributed by atoms with Crippen molar-refractivity contribution in [2.75, 3.05) is 40.1 Å². The maximum Gasteiger partial charge on any atom is 0.251 e. The van der Waals surface area contributed by atoms with Crippen LogP contribution in [0.5, 0.6) is 0 Å². The summed E-state index contributed by atoms with van der Waals surface area (Å²) in [7, 11) is 1.49. The van der Waals surface area contributed by atoms with Crippen molar-refractivity contribution >= 4 is 5.91 Å². The summed E-state index contributed by atoms with van der Waals surface area (Å²) in [6.45, 7) is 1.58. The zero-order chi connectivity index (χ0) is 11.1. The van der Waals surface area contributed by atoms with Crippen LogP contribution >= 0.6 is 0 Å². The van der Waals surface area contributed by atoms with Gasteiger partial charge in [-0.3, -0.25) is 4.79 Å². The predicted octanol–water partition coefficient (Wildman–Crippen LogP) is -1.47. The second-order valence-corrected chi connectivity index (χ2v) is 3.29. The minimum Gasteiger partial charge on any atom is -0.389 e. The molecular formula is C9H17NO5. The Bertz CT molecular complexity index is 193. The Morgan fingerprint density at radius 1 is 1.67 bits per heavy atom. The second-order valence-electron chi connectivity index (χ2n) is 3.29. The van der Waals surface area contributed by atoms with Crippen LogP contribution in [0.25, 0.3) is 0 Å². The Hall–Kier alpha value is -0.690. The van der Waals surface area contributed by atoms with E-state index in [0.717, 1.165) is 0 Å². The number of methoxy groups -OCH3 is 1. The van der Waals surface area contributed by atoms with Gasteiger partial charge in [-0.1, -0.05) is 0 Å². The third-order valence-corrected chi connectivity index (χ3v) is 1.98. The fourth-order valence-corrected chi connectivity index (χ4v) is 1.22. The molecule has 1 rings (SSSR count). The van der Waals surface area contributed by atoms with Gasteiger partial charge in [0.25, 0.3) is 5.91 Å². The molecule has 2 N–H and O–H groups in total. The first-order valence-electron chi connectivity index (χ1n) is 4.88. The molecule has 6 nitrogen and oxygen atoms in total. The summed E-state index contributed by atoms with van der Waals surface area (Å²) >= 11 is 0. The highest BCUT2D eigenvalue weighted by Crippen LogP contribution is 2.00. The zero-order valence-corrected chi connectivity index (χ0v) is 8.77. The molecule has 1 saturated heterocycles. The number of hydrogen-bond acceptors (Lipinski definition) is 5. The molecular weight excluding hydrogens is 202 g/mol. The molecule has 1 amide bonds. The van der Waals surface area contributed by atoms with Gasteiger partial charge in [0.05, 0.1) is 32.5 Å². The Morgan fingerprint density at radius 2 is 2.47 bits per heavy atom. The minimum absolute atomic E-state index is 0.159. The molecule has 0 aromatic heterocycles. The normalized spacial score (nSPS) is 23.5. The Balaban J connectivity index is 2.16. The molecule has 1 fully saturated rings. The lowest BCUT2D eigenvalue weighted by molar-refractivity contribution is -0.148. The monoisotopic (exact) mass is 219 g/mol. The molecule has 0 spiro atoms. The largest absolute Gasteiger partial charge is 0.389 e. The highest BCUT2D eigenvalue weighted by atomic mass is 16.6. The first kappa shape index (κ1) is 12.4. The van der Waals surface area contributed by atoms with E-state index in [2.05, 4.69) is 5.32 Å². The molecule has 0 aromatic carbocycles. The van der Waals surface area contributed by atoms with Gasteiger partial charge in [0.15, 0.2) is 6.10 Å². The van der Waals surface area contributed by atoms with Crippen molar-refractivity contribution in [3.8, 4) is 0 Å². The summed E-state index contributed by atoms with van der Waals surface area (Å²) < 4.78 is 15.0. The van der Waals surface area contributed by atoms with Gasteiger partial charge >= 0.3 is 0 Å². The number of nitrogens with one attached hydrogen (secondary N) is 1. The van der Waals surface area contributed by atoms with Crippen molar-refractivity contribution in [3.05, 3.63) is 0 Å². The van der Waals surface area contributed by atoms with Crippen molar-refractivity contribution in [2.24, 2.45) is 0 Å². The van der Waals surface area contributed by atoms with E-state index in [0.29, 0.717) is 13.2 Å². The lowest BCUT2D eigenvalue weighted by Crippen LogP contribution is -2.45. The van der Waals surface area contributed by atoms with Crippen molar-refractivity contribution in [2.45, 2.75) is 12.2 Å². The molecule has 88 valence electrons. The van der Waals surface area contributed by atoms with Gasteiger partial charge < -0.3 is 24.6 Å². The average molecular weight is 219 g/mol. The minimum atomic E-state index is -0.691. The van der Waals surface area contributed by atoms with E-state index in [4.69, 9.17) is 14.2 Å². The molecule has 0 bridgehead atoms. The fraction of sp³-hybridized carbons (Fsp3) is 0.889. The second kappa shape index (κ2) is 6.73. The SMILES string of the molecule is COCC(O)CNC(=O)C1COCCO1. The molecule has 0 aliphatic carbocycles. The van der Waals surface area contributed by atoms with Crippen LogP contribution in [0.1, 0.15) is 0 Å². The summed E-state index contributed by atoms with van der Waals surface area (Å²) in [6.07, 6.45) is -1.25. The number of aliphatic hydroxyl groups is 1. The van der Waals surface area contributed by atoms with Gasteiger partial charge in [-0.2, -0.15) is 0 Å². The summed E-state index contributed by atoms with van der Waals surface area (Å²) in [5, 5.41) is 11.8. The van der Waals surface area contributed by atoms with Crippen LogP contribution in [0.15, 0.2) is 0 Å². The fourth-order valence-electron chi connectivity index (χ4n) is 1.22. The molecule has 6 heteroatoms. The smallest absolute Gasteiger partial charge is 0.251 e. The van der Waals surface area contributed by atoms with E-state index in [1.165, 1.54) is 7.11 Å². The van der Waals surface area contributed by atoms with Crippen molar-refractivity contribution in [1.29, 1.82) is 0 Å². The van der Waals surface area contributed by atoms with E-state index in [1.807, 2.05) is 0 Å². The summed E-state index contributed by atoms with van der Waals surface area (Å²) in [5.74, 6) is -0.259. The molecule has 0 aromatic rings. The summed E-state index contributed by atoms with van der Waals surface area (Å²) in [6, 6.07) is 0. The maximum atomic E-state index is 11.4. The van der Waals surface area contributed by atoms with Gasteiger partial charge in [-0.05, 0) is 0 Å². The van der Waals surface area contributed by atoms with Gasteiger partial charge in [0, 0.05) is 13.7 Å². The van der Waals surface area contributed by atoms with E-state index in [9.17, 15) is 9.90 Å². The molecule has 15 heavy (non-hydrogen) atoms. The highest BCUT2D eigenvalue weighted by Gasteiger charge is 2.22. The third-order valence-electron chi connectivity index (χ3n) is 1.98. The van der Waals surface area contributed by atoms with Crippen molar-refractivity contribution < 1.29 is 24.1 Å². The van der Waals surface area contributed by atoms with Crippen LogP contribution in [0.4, 0.5) is 0 Å². The topological polar surface area (TPSA) is 77.0 Å². The van der Waals surface area contributed by atoms with Crippen molar-refractivity contribution in [3.63, 3.8) is 0 Å². The zero-order valence-electron chi connectivity index (χ0n) is 8.77. The van der Waals surface area contributed by atoms with Crippen LogP contribution in [0.2, 0.25) is 0 Å². The van der Waals surface area contributed by atoms with Crippen molar-refractivity contribution in [1.82, 2.24) is 5.32 Å². The molecule has 0 radical (unpaired) electrons.